The van der Waals surface area contributed by atoms with E-state index in [0.717, 1.165) is 6.42 Å². The molecule has 2 unspecified atom stereocenters. The van der Waals surface area contributed by atoms with Crippen LogP contribution in [0, 0.1) is 31.1 Å². The summed E-state index contributed by atoms with van der Waals surface area (Å²) in [5.41, 5.74) is 3.54. The molecule has 1 saturated carbocycles. The van der Waals surface area contributed by atoms with Crippen LogP contribution in [0.1, 0.15) is 42.9 Å². The first-order chi connectivity index (χ1) is 7.58. The Hall–Kier alpha value is -1.29. The van der Waals surface area contributed by atoms with Gasteiger partial charge in [0.25, 0.3) is 0 Å². The molecule has 2 atom stereocenters. The van der Waals surface area contributed by atoms with Crippen molar-refractivity contribution >= 4 is 0 Å². The Kier molecular flexibility index (Phi) is 2.76. The predicted octanol–water partition coefficient (Wildman–Crippen LogP) is 3.88. The molecule has 1 aliphatic rings. The van der Waals surface area contributed by atoms with Crippen LogP contribution in [0.3, 0.4) is 0 Å². The van der Waals surface area contributed by atoms with Gasteiger partial charge in [-0.05, 0) is 38.2 Å². The highest BCUT2D eigenvalue weighted by Gasteiger charge is 2.42. The molecular formula is C15H19N. The minimum absolute atomic E-state index is 0.225. The minimum Gasteiger partial charge on any atom is -0.197 e. The molecule has 0 N–H and O–H groups in total. The quantitative estimate of drug-likeness (QED) is 0.694. The Bertz CT molecular complexity index is 421. The van der Waals surface area contributed by atoms with Gasteiger partial charge in [0.15, 0.2) is 0 Å². The van der Waals surface area contributed by atoms with E-state index in [0.29, 0.717) is 5.92 Å². The molecule has 1 fully saturated rings. The van der Waals surface area contributed by atoms with Crippen LogP contribution < -0.4 is 0 Å². The van der Waals surface area contributed by atoms with Crippen molar-refractivity contribution in [2.75, 3.05) is 0 Å². The summed E-state index contributed by atoms with van der Waals surface area (Å²) in [6.07, 6.45) is 3.38. The summed E-state index contributed by atoms with van der Waals surface area (Å²) in [4.78, 5) is 0. The third kappa shape index (κ3) is 1.63. The van der Waals surface area contributed by atoms with Crippen molar-refractivity contribution in [3.05, 3.63) is 34.9 Å². The molecule has 2 rings (SSSR count). The van der Waals surface area contributed by atoms with Gasteiger partial charge in [-0.3, -0.25) is 0 Å². The fraction of sp³-hybridized carbons (Fsp3) is 0.533. The summed E-state index contributed by atoms with van der Waals surface area (Å²) < 4.78 is 0. The largest absolute Gasteiger partial charge is 0.197 e. The zero-order chi connectivity index (χ0) is 11.8. The maximum absolute atomic E-state index is 9.57. The third-order valence-electron chi connectivity index (χ3n) is 3.99. The van der Waals surface area contributed by atoms with Gasteiger partial charge < -0.3 is 0 Å². The highest BCUT2D eigenvalue weighted by atomic mass is 14.5. The van der Waals surface area contributed by atoms with E-state index in [1.165, 1.54) is 29.5 Å². The van der Waals surface area contributed by atoms with Crippen LogP contribution in [0.5, 0.6) is 0 Å². The van der Waals surface area contributed by atoms with Gasteiger partial charge in [-0.15, -0.1) is 0 Å². The number of nitrogens with zero attached hydrogens (tertiary/aromatic N) is 1. The molecule has 0 bridgehead atoms. The zero-order valence-corrected chi connectivity index (χ0v) is 10.4. The summed E-state index contributed by atoms with van der Waals surface area (Å²) in [5, 5.41) is 9.57. The van der Waals surface area contributed by atoms with Crippen molar-refractivity contribution in [1.82, 2.24) is 0 Å². The van der Waals surface area contributed by atoms with Crippen molar-refractivity contribution in [3.63, 3.8) is 0 Å². The van der Waals surface area contributed by atoms with Crippen LogP contribution in [0.15, 0.2) is 18.2 Å². The maximum atomic E-state index is 9.57. The van der Waals surface area contributed by atoms with Crippen LogP contribution in [0.25, 0.3) is 0 Å². The normalized spacial score (nSPS) is 29.0. The summed E-state index contributed by atoms with van der Waals surface area (Å²) in [5.74, 6) is 0.485. The predicted molar refractivity (Wildman–Crippen MR) is 66.2 cm³/mol. The first-order valence-electron chi connectivity index (χ1n) is 6.08. The average molecular weight is 213 g/mol. The van der Waals surface area contributed by atoms with Crippen LogP contribution in [0.2, 0.25) is 0 Å². The SMILES string of the molecule is Cc1cc(C)cc(C2(C#N)CCCC2C)c1. The Labute approximate surface area is 98.1 Å². The second-order valence-corrected chi connectivity index (χ2v) is 5.25. The number of nitriles is 1. The van der Waals surface area contributed by atoms with Crippen molar-refractivity contribution in [2.45, 2.75) is 45.4 Å². The lowest BCUT2D eigenvalue weighted by atomic mass is 9.73. The highest BCUT2D eigenvalue weighted by molar-refractivity contribution is 5.40. The van der Waals surface area contributed by atoms with Crippen molar-refractivity contribution in [1.29, 1.82) is 5.26 Å². The summed E-state index contributed by atoms with van der Waals surface area (Å²) in [6, 6.07) is 9.16. The van der Waals surface area contributed by atoms with E-state index < -0.39 is 0 Å². The fourth-order valence-corrected chi connectivity index (χ4v) is 3.07. The Balaban J connectivity index is 2.53. The van der Waals surface area contributed by atoms with E-state index in [2.05, 4.69) is 45.0 Å². The molecule has 1 nitrogen and oxygen atoms in total. The second kappa shape index (κ2) is 3.94. The molecule has 0 amide bonds. The van der Waals surface area contributed by atoms with Gasteiger partial charge in [0.2, 0.25) is 0 Å². The molecular weight excluding hydrogens is 194 g/mol. The molecule has 1 aromatic rings. The number of rotatable bonds is 1. The topological polar surface area (TPSA) is 23.8 Å². The molecule has 16 heavy (non-hydrogen) atoms. The van der Waals surface area contributed by atoms with Gasteiger partial charge in [-0.2, -0.15) is 5.26 Å². The van der Waals surface area contributed by atoms with Gasteiger partial charge in [0.1, 0.15) is 0 Å². The standard InChI is InChI=1S/C15H19N/c1-11-7-12(2)9-14(8-11)15(10-16)6-4-5-13(15)3/h7-9,13H,4-6H2,1-3H3. The lowest BCUT2D eigenvalue weighted by Gasteiger charge is -2.27. The lowest BCUT2D eigenvalue weighted by Crippen LogP contribution is -2.27. The van der Waals surface area contributed by atoms with E-state index in [9.17, 15) is 5.26 Å². The van der Waals surface area contributed by atoms with Crippen molar-refractivity contribution < 1.29 is 0 Å². The van der Waals surface area contributed by atoms with Gasteiger partial charge >= 0.3 is 0 Å². The van der Waals surface area contributed by atoms with Crippen LogP contribution in [0.4, 0.5) is 0 Å². The van der Waals surface area contributed by atoms with Crippen molar-refractivity contribution in [3.8, 4) is 6.07 Å². The maximum Gasteiger partial charge on any atom is 0.0848 e. The van der Waals surface area contributed by atoms with E-state index in [4.69, 9.17) is 0 Å². The lowest BCUT2D eigenvalue weighted by molar-refractivity contribution is 0.431. The third-order valence-corrected chi connectivity index (χ3v) is 3.99. The van der Waals surface area contributed by atoms with Gasteiger partial charge in [0.05, 0.1) is 11.5 Å². The van der Waals surface area contributed by atoms with Gasteiger partial charge in [-0.25, -0.2) is 0 Å². The molecule has 0 spiro atoms. The van der Waals surface area contributed by atoms with Crippen molar-refractivity contribution in [2.24, 2.45) is 5.92 Å². The summed E-state index contributed by atoms with van der Waals surface area (Å²) >= 11 is 0. The van der Waals surface area contributed by atoms with E-state index in [1.807, 2.05) is 0 Å². The van der Waals surface area contributed by atoms with Crippen LogP contribution in [-0.4, -0.2) is 0 Å². The second-order valence-electron chi connectivity index (χ2n) is 5.25. The Morgan fingerprint density at radius 2 is 1.88 bits per heavy atom. The van der Waals surface area contributed by atoms with E-state index in [-0.39, 0.29) is 5.41 Å². The highest BCUT2D eigenvalue weighted by Crippen LogP contribution is 2.45. The molecule has 84 valence electrons. The number of hydrogen-bond donors (Lipinski definition) is 0. The molecule has 0 saturated heterocycles. The molecule has 0 radical (unpaired) electrons. The smallest absolute Gasteiger partial charge is 0.0848 e. The van der Waals surface area contributed by atoms with Gasteiger partial charge in [0, 0.05) is 0 Å². The molecule has 1 heteroatoms. The molecule has 0 heterocycles. The Morgan fingerprint density at radius 1 is 1.25 bits per heavy atom. The molecule has 0 aliphatic heterocycles. The molecule has 0 aromatic heterocycles. The van der Waals surface area contributed by atoms with Crippen LogP contribution >= 0.6 is 0 Å². The number of aryl methyl sites for hydroxylation is 2. The minimum atomic E-state index is -0.225. The van der Waals surface area contributed by atoms with Crippen LogP contribution in [-0.2, 0) is 5.41 Å². The monoisotopic (exact) mass is 213 g/mol. The first kappa shape index (κ1) is 11.2. The molecule has 1 aliphatic carbocycles. The van der Waals surface area contributed by atoms with E-state index in [1.54, 1.807) is 0 Å². The summed E-state index contributed by atoms with van der Waals surface area (Å²) in [6.45, 7) is 6.44. The van der Waals surface area contributed by atoms with E-state index >= 15 is 0 Å². The zero-order valence-electron chi connectivity index (χ0n) is 10.4. The summed E-state index contributed by atoms with van der Waals surface area (Å²) in [7, 11) is 0. The average Bonchev–Trinajstić information content (AvgIpc) is 2.59. The Morgan fingerprint density at radius 3 is 2.31 bits per heavy atom. The van der Waals surface area contributed by atoms with Gasteiger partial charge in [-0.1, -0.05) is 42.7 Å². The first-order valence-corrected chi connectivity index (χ1v) is 6.08. The number of benzene rings is 1. The molecule has 1 aromatic carbocycles. The number of hydrogen-bond acceptors (Lipinski definition) is 1. The fourth-order valence-electron chi connectivity index (χ4n) is 3.07.